The van der Waals surface area contributed by atoms with Crippen molar-refractivity contribution in [3.63, 3.8) is 0 Å². The van der Waals surface area contributed by atoms with Gasteiger partial charge in [0, 0.05) is 48.2 Å². The van der Waals surface area contributed by atoms with Gasteiger partial charge in [-0.15, -0.1) is 0 Å². The van der Waals surface area contributed by atoms with Gasteiger partial charge in [-0.25, -0.2) is 9.78 Å². The molecular weight excluding hydrogens is 494 g/mol. The van der Waals surface area contributed by atoms with Gasteiger partial charge in [-0.05, 0) is 38.0 Å². The number of methoxy groups -OCH3 is 1. The van der Waals surface area contributed by atoms with E-state index in [-0.39, 0.29) is 17.5 Å². The second-order valence-corrected chi connectivity index (χ2v) is 9.15. The number of benzene rings is 1. The van der Waals surface area contributed by atoms with Gasteiger partial charge in [0.1, 0.15) is 17.1 Å². The fraction of sp³-hybridized carbons (Fsp3) is 0.241. The van der Waals surface area contributed by atoms with Gasteiger partial charge in [-0.1, -0.05) is 48.6 Å². The first-order valence-electron chi connectivity index (χ1n) is 12.7. The highest BCUT2D eigenvalue weighted by Crippen LogP contribution is 2.30. The molecule has 1 aliphatic heterocycles. The Labute approximate surface area is 227 Å². The average Bonchev–Trinajstić information content (AvgIpc) is 3.37. The van der Waals surface area contributed by atoms with E-state index in [1.165, 1.54) is 7.11 Å². The normalized spacial score (nSPS) is 15.4. The summed E-state index contributed by atoms with van der Waals surface area (Å²) >= 11 is 0. The number of anilines is 3. The average molecular weight is 528 g/mol. The van der Waals surface area contributed by atoms with E-state index in [0.29, 0.717) is 47.4 Å². The number of nitrogens with zero attached hydrogens (tertiary/aromatic N) is 3. The number of piperidine rings is 1. The lowest BCUT2D eigenvalue weighted by atomic mass is 9.91. The number of primary amides is 1. The second kappa shape index (κ2) is 12.6. The van der Waals surface area contributed by atoms with Crippen LogP contribution in [-0.4, -0.2) is 52.2 Å². The largest absolute Gasteiger partial charge is 0.481 e. The molecular formula is C29H33N7O3. The molecule has 4 rings (SSSR count). The van der Waals surface area contributed by atoms with Crippen LogP contribution in [0.5, 0.6) is 5.88 Å². The van der Waals surface area contributed by atoms with Crippen molar-refractivity contribution in [2.75, 3.05) is 30.8 Å². The number of H-pyrrole nitrogens is 1. The topological polar surface area (TPSA) is 138 Å². The van der Waals surface area contributed by atoms with Crippen LogP contribution in [0.2, 0.25) is 0 Å². The molecule has 0 unspecified atom stereocenters. The molecule has 1 fully saturated rings. The number of aromatic amines is 1. The zero-order valence-electron chi connectivity index (χ0n) is 22.1. The van der Waals surface area contributed by atoms with E-state index in [1.807, 2.05) is 36.1 Å². The van der Waals surface area contributed by atoms with Gasteiger partial charge in [0.15, 0.2) is 0 Å². The predicted molar refractivity (Wildman–Crippen MR) is 153 cm³/mol. The molecule has 0 bridgehead atoms. The van der Waals surface area contributed by atoms with Crippen LogP contribution in [0.25, 0.3) is 11.3 Å². The van der Waals surface area contributed by atoms with Crippen LogP contribution in [0.3, 0.4) is 0 Å². The molecule has 202 valence electrons. The van der Waals surface area contributed by atoms with Gasteiger partial charge in [0.05, 0.1) is 7.11 Å². The van der Waals surface area contributed by atoms with Gasteiger partial charge < -0.3 is 26.0 Å². The van der Waals surface area contributed by atoms with Crippen molar-refractivity contribution in [1.29, 1.82) is 0 Å². The minimum absolute atomic E-state index is 0.158. The zero-order chi connectivity index (χ0) is 27.8. The number of nitrogens with one attached hydrogen (secondary N) is 3. The van der Waals surface area contributed by atoms with E-state index >= 15 is 0 Å². The molecule has 1 aromatic carbocycles. The van der Waals surface area contributed by atoms with Crippen LogP contribution in [-0.2, 0) is 0 Å². The van der Waals surface area contributed by atoms with Crippen molar-refractivity contribution in [3.05, 3.63) is 84.6 Å². The number of pyridine rings is 1. The molecule has 1 atom stereocenters. The number of hydrogen-bond acceptors (Lipinski definition) is 6. The molecule has 3 aromatic rings. The lowest BCUT2D eigenvalue weighted by Gasteiger charge is -2.33. The molecule has 0 saturated carbocycles. The quantitative estimate of drug-likeness (QED) is 0.280. The fourth-order valence-corrected chi connectivity index (χ4v) is 4.43. The first-order valence-corrected chi connectivity index (χ1v) is 12.7. The van der Waals surface area contributed by atoms with Crippen LogP contribution in [0.1, 0.15) is 30.1 Å². The number of hydrogen-bond donors (Lipinski definition) is 4. The first kappa shape index (κ1) is 27.2. The molecule has 39 heavy (non-hydrogen) atoms. The highest BCUT2D eigenvalue weighted by atomic mass is 16.5. The third-order valence-electron chi connectivity index (χ3n) is 6.48. The highest BCUT2D eigenvalue weighted by Gasteiger charge is 2.25. The summed E-state index contributed by atoms with van der Waals surface area (Å²) in [7, 11) is 1.52. The monoisotopic (exact) mass is 527 g/mol. The van der Waals surface area contributed by atoms with E-state index in [0.717, 1.165) is 18.4 Å². The smallest absolute Gasteiger partial charge is 0.321 e. The summed E-state index contributed by atoms with van der Waals surface area (Å²) in [5.74, 6) is 0.368. The fourth-order valence-electron chi connectivity index (χ4n) is 4.43. The summed E-state index contributed by atoms with van der Waals surface area (Å²) in [6.07, 6.45) is 11.4. The molecule has 0 spiro atoms. The maximum atomic E-state index is 13.0. The minimum Gasteiger partial charge on any atom is -0.481 e. The van der Waals surface area contributed by atoms with E-state index < -0.39 is 5.91 Å². The van der Waals surface area contributed by atoms with Crippen LogP contribution in [0.4, 0.5) is 22.0 Å². The van der Waals surface area contributed by atoms with Crippen LogP contribution in [0.15, 0.2) is 79.1 Å². The van der Waals surface area contributed by atoms with Crippen LogP contribution < -0.4 is 21.1 Å². The molecule has 1 saturated heterocycles. The Hall–Kier alpha value is -4.86. The van der Waals surface area contributed by atoms with Gasteiger partial charge in [-0.2, -0.15) is 5.10 Å². The number of ether oxygens (including phenoxy) is 1. The summed E-state index contributed by atoms with van der Waals surface area (Å²) < 4.78 is 5.15. The molecule has 5 N–H and O–H groups in total. The third kappa shape index (κ3) is 6.72. The van der Waals surface area contributed by atoms with Crippen molar-refractivity contribution in [2.24, 2.45) is 11.7 Å². The Morgan fingerprint density at radius 3 is 2.72 bits per heavy atom. The SMILES string of the molecule is C=C(/C=C\C=C/C)[C@H]1CCCN(C(=O)Nc2ccc(-c3n[nH]c(Nc4ccnc(OC)c4)c3C(N)=O)cc2)C1. The molecule has 0 aliphatic carbocycles. The lowest BCUT2D eigenvalue weighted by molar-refractivity contribution is 0.100. The minimum atomic E-state index is -0.638. The second-order valence-electron chi connectivity index (χ2n) is 9.15. The number of amides is 3. The molecule has 0 radical (unpaired) electrons. The maximum Gasteiger partial charge on any atom is 0.321 e. The van der Waals surface area contributed by atoms with Crippen molar-refractivity contribution < 1.29 is 14.3 Å². The molecule has 3 amide bonds. The highest BCUT2D eigenvalue weighted by molar-refractivity contribution is 6.04. The van der Waals surface area contributed by atoms with Crippen molar-refractivity contribution in [3.8, 4) is 17.1 Å². The Balaban J connectivity index is 1.44. The van der Waals surface area contributed by atoms with E-state index in [9.17, 15) is 9.59 Å². The molecule has 2 aromatic heterocycles. The molecule has 1 aliphatic rings. The molecule has 10 heteroatoms. The number of urea groups is 1. The van der Waals surface area contributed by atoms with Crippen molar-refractivity contribution in [2.45, 2.75) is 19.8 Å². The Bertz CT molecular complexity index is 1390. The summed E-state index contributed by atoms with van der Waals surface area (Å²) in [5.41, 5.74) is 9.28. The third-order valence-corrected chi connectivity index (χ3v) is 6.48. The lowest BCUT2D eigenvalue weighted by Crippen LogP contribution is -2.42. The Kier molecular flexibility index (Phi) is 8.78. The zero-order valence-corrected chi connectivity index (χ0v) is 22.1. The standard InChI is InChI=1S/C29H33N7O3/c1-4-5-6-8-19(2)21-9-7-16-36(18-21)29(38)33-22-12-10-20(11-13-22)26-25(27(30)37)28(35-34-26)32-23-14-15-31-24(17-23)39-3/h4-6,8,10-15,17,21H,2,7,9,16,18H2,1,3H3,(H2,30,37)(H,33,38)(H2,31,32,34,35)/b5-4-,8-6-/t21-/m0/s1. The van der Waals surface area contributed by atoms with E-state index in [4.69, 9.17) is 10.5 Å². The predicted octanol–water partition coefficient (Wildman–Crippen LogP) is 5.26. The Morgan fingerprint density at radius 1 is 1.21 bits per heavy atom. The summed E-state index contributed by atoms with van der Waals surface area (Å²) in [6.45, 7) is 7.47. The summed E-state index contributed by atoms with van der Waals surface area (Å²) in [6, 6.07) is 10.4. The van der Waals surface area contributed by atoms with Crippen molar-refractivity contribution in [1.82, 2.24) is 20.1 Å². The first-order chi connectivity index (χ1) is 18.9. The molecule has 3 heterocycles. The maximum absolute atomic E-state index is 13.0. The van der Waals surface area contributed by atoms with Gasteiger partial charge in [0.2, 0.25) is 5.88 Å². The van der Waals surface area contributed by atoms with Crippen molar-refractivity contribution >= 4 is 29.1 Å². The van der Waals surface area contributed by atoms with E-state index in [2.05, 4.69) is 32.4 Å². The van der Waals surface area contributed by atoms with Gasteiger partial charge in [0.25, 0.3) is 5.91 Å². The van der Waals surface area contributed by atoms with Crippen LogP contribution in [0, 0.1) is 5.92 Å². The van der Waals surface area contributed by atoms with Gasteiger partial charge in [-0.3, -0.25) is 9.89 Å². The van der Waals surface area contributed by atoms with E-state index in [1.54, 1.807) is 42.6 Å². The number of aromatic nitrogens is 3. The van der Waals surface area contributed by atoms with Crippen LogP contribution >= 0.6 is 0 Å². The van der Waals surface area contributed by atoms with Gasteiger partial charge >= 0.3 is 6.03 Å². The number of rotatable bonds is 9. The Morgan fingerprint density at radius 2 is 2.00 bits per heavy atom. The summed E-state index contributed by atoms with van der Waals surface area (Å²) in [4.78, 5) is 31.2. The number of allylic oxidation sites excluding steroid dienone is 4. The molecule has 10 nitrogen and oxygen atoms in total. The summed E-state index contributed by atoms with van der Waals surface area (Å²) in [5, 5.41) is 13.2. The number of carbonyl (C=O) groups is 2. The number of likely N-dealkylation sites (tertiary alicyclic amines) is 1. The number of nitrogens with two attached hydrogens (primary N) is 1. The number of carbonyl (C=O) groups excluding carboxylic acids is 2.